The van der Waals surface area contributed by atoms with E-state index in [4.69, 9.17) is 9.47 Å². The number of fused-ring (bicyclic) bond motifs is 1. The summed E-state index contributed by atoms with van der Waals surface area (Å²) in [6, 6.07) is 15.4. The van der Waals surface area contributed by atoms with Gasteiger partial charge in [0.25, 0.3) is 0 Å². The molecule has 0 radical (unpaired) electrons. The van der Waals surface area contributed by atoms with E-state index < -0.39 is 15.8 Å². The van der Waals surface area contributed by atoms with Crippen LogP contribution in [0.2, 0.25) is 0 Å². The lowest BCUT2D eigenvalue weighted by molar-refractivity contribution is 0.107. The Morgan fingerprint density at radius 2 is 1.72 bits per heavy atom. The average Bonchev–Trinajstić information content (AvgIpc) is 2.98. The highest BCUT2D eigenvalue weighted by atomic mass is 32.2. The Hall–Kier alpha value is -2.81. The third-order valence-corrected chi connectivity index (χ3v) is 7.25. The van der Waals surface area contributed by atoms with E-state index in [-0.39, 0.29) is 43.6 Å². The van der Waals surface area contributed by atoms with Crippen LogP contribution in [0.5, 0.6) is 5.75 Å². The molecule has 4 rings (SSSR count). The van der Waals surface area contributed by atoms with Gasteiger partial charge in [-0.1, -0.05) is 24.3 Å². The summed E-state index contributed by atoms with van der Waals surface area (Å²) < 4.78 is 66.2. The van der Waals surface area contributed by atoms with Crippen molar-refractivity contribution in [3.8, 4) is 5.75 Å². The standard InChI is InChI=1S/C24H23F2NO4S/c1-17-5-7-22(26)13-24(17)32(28,29)27-9-10-31-23-8-6-19(11-20(23)14-27)16-30-15-18-3-2-4-21(25)12-18/h2-8,11-13H,9-10,14-16H2,1H3. The second-order valence-corrected chi connectivity index (χ2v) is 9.57. The molecule has 32 heavy (non-hydrogen) atoms. The van der Waals surface area contributed by atoms with E-state index in [1.165, 1.54) is 28.6 Å². The van der Waals surface area contributed by atoms with Gasteiger partial charge in [0.1, 0.15) is 24.0 Å². The smallest absolute Gasteiger partial charge is 0.243 e. The molecule has 0 fully saturated rings. The van der Waals surface area contributed by atoms with Crippen LogP contribution in [0.4, 0.5) is 8.78 Å². The van der Waals surface area contributed by atoms with Crippen molar-refractivity contribution in [2.24, 2.45) is 0 Å². The van der Waals surface area contributed by atoms with Crippen LogP contribution in [0, 0.1) is 18.6 Å². The molecule has 1 aliphatic heterocycles. The van der Waals surface area contributed by atoms with Gasteiger partial charge in [-0.3, -0.25) is 0 Å². The predicted molar refractivity (Wildman–Crippen MR) is 116 cm³/mol. The van der Waals surface area contributed by atoms with Gasteiger partial charge >= 0.3 is 0 Å². The third kappa shape index (κ3) is 4.98. The molecule has 0 atom stereocenters. The first-order chi connectivity index (χ1) is 15.3. The zero-order valence-electron chi connectivity index (χ0n) is 17.6. The van der Waals surface area contributed by atoms with Crippen molar-refractivity contribution in [3.05, 3.63) is 94.6 Å². The number of ether oxygens (including phenoxy) is 2. The normalized spacial score (nSPS) is 14.5. The van der Waals surface area contributed by atoms with Crippen LogP contribution in [0.15, 0.2) is 65.6 Å². The summed E-state index contributed by atoms with van der Waals surface area (Å²) in [5, 5.41) is 0. The van der Waals surface area contributed by atoms with E-state index in [1.807, 2.05) is 12.1 Å². The number of rotatable bonds is 6. The molecule has 5 nitrogen and oxygen atoms in total. The summed E-state index contributed by atoms with van der Waals surface area (Å²) in [5.74, 6) is -0.311. The molecule has 3 aromatic rings. The quantitative estimate of drug-likeness (QED) is 0.542. The van der Waals surface area contributed by atoms with Crippen LogP contribution in [0.1, 0.15) is 22.3 Å². The third-order valence-electron chi connectivity index (χ3n) is 5.26. The summed E-state index contributed by atoms with van der Waals surface area (Å²) in [6.07, 6.45) is 0. The largest absolute Gasteiger partial charge is 0.492 e. The zero-order chi connectivity index (χ0) is 22.7. The molecule has 1 aliphatic rings. The van der Waals surface area contributed by atoms with E-state index in [1.54, 1.807) is 25.1 Å². The van der Waals surface area contributed by atoms with Crippen molar-refractivity contribution >= 4 is 10.0 Å². The zero-order valence-corrected chi connectivity index (χ0v) is 18.4. The summed E-state index contributed by atoms with van der Waals surface area (Å²) in [4.78, 5) is -0.0458. The van der Waals surface area contributed by atoms with Gasteiger partial charge in [0.15, 0.2) is 0 Å². The number of hydrogen-bond donors (Lipinski definition) is 0. The Morgan fingerprint density at radius 3 is 2.50 bits per heavy atom. The summed E-state index contributed by atoms with van der Waals surface area (Å²) >= 11 is 0. The fourth-order valence-electron chi connectivity index (χ4n) is 3.62. The highest BCUT2D eigenvalue weighted by Gasteiger charge is 2.29. The fourth-order valence-corrected chi connectivity index (χ4v) is 5.26. The number of benzene rings is 3. The SMILES string of the molecule is Cc1ccc(F)cc1S(=O)(=O)N1CCOc2ccc(COCc3cccc(F)c3)cc2C1. The molecule has 0 saturated heterocycles. The number of hydrogen-bond acceptors (Lipinski definition) is 4. The number of halogens is 2. The van der Waals surface area contributed by atoms with E-state index in [0.717, 1.165) is 17.2 Å². The molecule has 0 unspecified atom stereocenters. The summed E-state index contributed by atoms with van der Waals surface area (Å²) in [5.41, 5.74) is 2.75. The Labute approximate surface area is 186 Å². The Bertz CT molecular complexity index is 1230. The maximum Gasteiger partial charge on any atom is 0.243 e. The van der Waals surface area contributed by atoms with E-state index in [0.29, 0.717) is 16.9 Å². The summed E-state index contributed by atoms with van der Waals surface area (Å²) in [6.45, 7) is 2.62. The van der Waals surface area contributed by atoms with Crippen molar-refractivity contribution in [3.63, 3.8) is 0 Å². The fraction of sp³-hybridized carbons (Fsp3) is 0.250. The van der Waals surface area contributed by atoms with Crippen LogP contribution < -0.4 is 4.74 Å². The molecule has 0 aromatic heterocycles. The first-order valence-corrected chi connectivity index (χ1v) is 11.6. The van der Waals surface area contributed by atoms with Gasteiger partial charge in [0.05, 0.1) is 18.1 Å². The van der Waals surface area contributed by atoms with Gasteiger partial charge in [-0.15, -0.1) is 0 Å². The van der Waals surface area contributed by atoms with Crippen molar-refractivity contribution in [1.82, 2.24) is 4.31 Å². The van der Waals surface area contributed by atoms with Gasteiger partial charge in [0.2, 0.25) is 10.0 Å². The molecule has 0 aliphatic carbocycles. The van der Waals surface area contributed by atoms with Crippen molar-refractivity contribution in [2.45, 2.75) is 31.6 Å². The van der Waals surface area contributed by atoms with Crippen LogP contribution in [0.3, 0.4) is 0 Å². The molecular formula is C24H23F2NO4S. The first-order valence-electron chi connectivity index (χ1n) is 10.2. The van der Waals surface area contributed by atoms with Gasteiger partial charge in [-0.2, -0.15) is 4.31 Å². The Balaban J connectivity index is 1.51. The van der Waals surface area contributed by atoms with Crippen LogP contribution in [-0.4, -0.2) is 25.9 Å². The maximum atomic E-state index is 13.7. The molecule has 3 aromatic carbocycles. The van der Waals surface area contributed by atoms with Crippen LogP contribution >= 0.6 is 0 Å². The monoisotopic (exact) mass is 459 g/mol. The van der Waals surface area contributed by atoms with Crippen LogP contribution in [0.25, 0.3) is 0 Å². The molecule has 0 spiro atoms. The number of sulfonamides is 1. The molecule has 0 amide bonds. The van der Waals surface area contributed by atoms with E-state index in [2.05, 4.69) is 0 Å². The van der Waals surface area contributed by atoms with E-state index in [9.17, 15) is 17.2 Å². The predicted octanol–water partition coefficient (Wildman–Crippen LogP) is 4.57. The van der Waals surface area contributed by atoms with Crippen molar-refractivity contribution in [1.29, 1.82) is 0 Å². The minimum Gasteiger partial charge on any atom is -0.492 e. The average molecular weight is 460 g/mol. The maximum absolute atomic E-state index is 13.7. The molecular weight excluding hydrogens is 436 g/mol. The van der Waals surface area contributed by atoms with Crippen molar-refractivity contribution in [2.75, 3.05) is 13.2 Å². The lowest BCUT2D eigenvalue weighted by Crippen LogP contribution is -2.33. The van der Waals surface area contributed by atoms with Crippen LogP contribution in [-0.2, 0) is 34.5 Å². The van der Waals surface area contributed by atoms with Gasteiger partial charge in [0, 0.05) is 18.7 Å². The van der Waals surface area contributed by atoms with Gasteiger partial charge in [-0.25, -0.2) is 17.2 Å². The van der Waals surface area contributed by atoms with Crippen molar-refractivity contribution < 1.29 is 26.7 Å². The molecule has 0 N–H and O–H groups in total. The molecule has 1 heterocycles. The molecule has 8 heteroatoms. The molecule has 168 valence electrons. The lowest BCUT2D eigenvalue weighted by Gasteiger charge is -2.21. The number of aryl methyl sites for hydroxylation is 1. The molecule has 0 saturated carbocycles. The first kappa shape index (κ1) is 22.4. The topological polar surface area (TPSA) is 55.8 Å². The van der Waals surface area contributed by atoms with E-state index >= 15 is 0 Å². The highest BCUT2D eigenvalue weighted by molar-refractivity contribution is 7.89. The lowest BCUT2D eigenvalue weighted by atomic mass is 10.1. The van der Waals surface area contributed by atoms with Gasteiger partial charge in [-0.05, 0) is 60.0 Å². The van der Waals surface area contributed by atoms with Gasteiger partial charge < -0.3 is 9.47 Å². The number of nitrogens with zero attached hydrogens (tertiary/aromatic N) is 1. The summed E-state index contributed by atoms with van der Waals surface area (Å²) in [7, 11) is -3.90. The highest BCUT2D eigenvalue weighted by Crippen LogP contribution is 2.29. The second kappa shape index (κ2) is 9.36. The minimum absolute atomic E-state index is 0.0458. The molecule has 0 bridgehead atoms. The minimum atomic E-state index is -3.90. The second-order valence-electron chi connectivity index (χ2n) is 7.66. The Morgan fingerprint density at radius 1 is 0.969 bits per heavy atom. The Kier molecular flexibility index (Phi) is 6.55.